The van der Waals surface area contributed by atoms with Crippen LogP contribution in [-0.4, -0.2) is 55.7 Å². The predicted molar refractivity (Wildman–Crippen MR) is 120 cm³/mol. The standard InChI is InChI=1S/C21H25BrClN3O5/c1-21(2,3)31-20(30)26-6-4-5-18(28)17(26)7-12(27)10-25-11-24-16-9-14(22)15(23)8-13(16)19(25)29/h8-9,11,17-18,28H,4-7,10H2,1-3H3/t17-,18+/m1/s1. The molecule has 0 unspecified atom stereocenters. The summed E-state index contributed by atoms with van der Waals surface area (Å²) in [6, 6.07) is 2.44. The molecule has 1 aliphatic heterocycles. The summed E-state index contributed by atoms with van der Waals surface area (Å²) >= 11 is 9.38. The molecule has 1 aliphatic rings. The van der Waals surface area contributed by atoms with Crippen molar-refractivity contribution in [3.8, 4) is 0 Å². The first-order valence-electron chi connectivity index (χ1n) is 10.00. The molecule has 0 radical (unpaired) electrons. The van der Waals surface area contributed by atoms with Crippen molar-refractivity contribution in [2.75, 3.05) is 6.54 Å². The van der Waals surface area contributed by atoms with Crippen molar-refractivity contribution in [3.05, 3.63) is 38.3 Å². The molecule has 10 heteroatoms. The number of hydrogen-bond acceptors (Lipinski definition) is 6. The van der Waals surface area contributed by atoms with Crippen LogP contribution in [0.4, 0.5) is 4.79 Å². The largest absolute Gasteiger partial charge is 0.444 e. The lowest BCUT2D eigenvalue weighted by Gasteiger charge is -2.39. The van der Waals surface area contributed by atoms with E-state index in [0.29, 0.717) is 39.8 Å². The van der Waals surface area contributed by atoms with E-state index >= 15 is 0 Å². The summed E-state index contributed by atoms with van der Waals surface area (Å²) in [7, 11) is 0. The number of carbonyl (C=O) groups is 2. The number of benzene rings is 1. The van der Waals surface area contributed by atoms with Gasteiger partial charge < -0.3 is 14.7 Å². The number of ketones is 1. The van der Waals surface area contributed by atoms with Crippen LogP contribution in [0.15, 0.2) is 27.7 Å². The van der Waals surface area contributed by atoms with Crippen molar-refractivity contribution >= 4 is 50.3 Å². The van der Waals surface area contributed by atoms with Crippen LogP contribution in [0.3, 0.4) is 0 Å². The van der Waals surface area contributed by atoms with Crippen LogP contribution in [0, 0.1) is 0 Å². The topological polar surface area (TPSA) is 102 Å². The second-order valence-electron chi connectivity index (χ2n) is 8.65. The SMILES string of the molecule is CC(C)(C)OC(=O)N1CCC[C@H](O)[C@H]1CC(=O)Cn1cnc2cc(Br)c(Cl)cc2c1=O. The van der Waals surface area contributed by atoms with E-state index in [1.54, 1.807) is 26.8 Å². The van der Waals surface area contributed by atoms with Crippen molar-refractivity contribution in [3.63, 3.8) is 0 Å². The first-order valence-corrected chi connectivity index (χ1v) is 11.2. The summed E-state index contributed by atoms with van der Waals surface area (Å²) in [5.41, 5.74) is -0.612. The number of amides is 1. The molecule has 31 heavy (non-hydrogen) atoms. The molecule has 2 atom stereocenters. The van der Waals surface area contributed by atoms with Crippen LogP contribution in [0.1, 0.15) is 40.0 Å². The summed E-state index contributed by atoms with van der Waals surface area (Å²) < 4.78 is 7.26. The second-order valence-corrected chi connectivity index (χ2v) is 9.92. The highest BCUT2D eigenvalue weighted by Gasteiger charge is 2.37. The lowest BCUT2D eigenvalue weighted by atomic mass is 9.95. The number of rotatable bonds is 4. The summed E-state index contributed by atoms with van der Waals surface area (Å²) in [6.07, 6.45) is 0.928. The maximum absolute atomic E-state index is 12.8. The first-order chi connectivity index (χ1) is 14.5. The highest BCUT2D eigenvalue weighted by Crippen LogP contribution is 2.26. The lowest BCUT2D eigenvalue weighted by Crippen LogP contribution is -2.53. The number of piperidine rings is 1. The van der Waals surface area contributed by atoms with Crippen molar-refractivity contribution in [2.45, 2.75) is 64.3 Å². The monoisotopic (exact) mass is 513 g/mol. The Bertz CT molecular complexity index is 1070. The Labute approximate surface area is 193 Å². The van der Waals surface area contributed by atoms with Crippen LogP contribution in [0.5, 0.6) is 0 Å². The van der Waals surface area contributed by atoms with E-state index in [-0.39, 0.29) is 24.3 Å². The number of likely N-dealkylation sites (tertiary alicyclic amines) is 1. The summed E-state index contributed by atoms with van der Waals surface area (Å²) in [4.78, 5) is 43.8. The fourth-order valence-corrected chi connectivity index (χ4v) is 4.08. The molecule has 1 N–H and O–H groups in total. The van der Waals surface area contributed by atoms with Crippen molar-refractivity contribution in [1.29, 1.82) is 0 Å². The Morgan fingerprint density at radius 3 is 2.74 bits per heavy atom. The van der Waals surface area contributed by atoms with Gasteiger partial charge in [0.15, 0.2) is 5.78 Å². The maximum atomic E-state index is 12.8. The average Bonchev–Trinajstić information content (AvgIpc) is 2.66. The van der Waals surface area contributed by atoms with E-state index in [9.17, 15) is 19.5 Å². The minimum Gasteiger partial charge on any atom is -0.444 e. The van der Waals surface area contributed by atoms with E-state index in [1.165, 1.54) is 21.9 Å². The predicted octanol–water partition coefficient (Wildman–Crippen LogP) is 3.53. The van der Waals surface area contributed by atoms with Gasteiger partial charge in [-0.2, -0.15) is 0 Å². The number of nitrogens with zero attached hydrogens (tertiary/aromatic N) is 3. The number of aromatic nitrogens is 2. The van der Waals surface area contributed by atoms with E-state index in [0.717, 1.165) is 0 Å². The normalized spacial score (nSPS) is 19.5. The van der Waals surface area contributed by atoms with Crippen molar-refractivity contribution in [2.24, 2.45) is 0 Å². The molecule has 0 spiro atoms. The van der Waals surface area contributed by atoms with Crippen LogP contribution >= 0.6 is 27.5 Å². The van der Waals surface area contributed by atoms with Gasteiger partial charge in [0.2, 0.25) is 0 Å². The van der Waals surface area contributed by atoms with Gasteiger partial charge in [-0.15, -0.1) is 0 Å². The molecule has 0 bridgehead atoms. The molecule has 8 nitrogen and oxygen atoms in total. The molecule has 2 heterocycles. The molecule has 1 aromatic carbocycles. The number of aliphatic hydroxyl groups excluding tert-OH is 1. The van der Waals surface area contributed by atoms with Gasteiger partial charge >= 0.3 is 6.09 Å². The molecule has 3 rings (SSSR count). The second kappa shape index (κ2) is 9.26. The third kappa shape index (κ3) is 5.64. The summed E-state index contributed by atoms with van der Waals surface area (Å²) in [6.45, 7) is 5.45. The Morgan fingerprint density at radius 1 is 1.35 bits per heavy atom. The lowest BCUT2D eigenvalue weighted by molar-refractivity contribution is -0.122. The Hall–Kier alpha value is -1.97. The number of aliphatic hydroxyl groups is 1. The molecular weight excluding hydrogens is 490 g/mol. The number of carbonyl (C=O) groups excluding carboxylic acids is 2. The molecule has 1 aromatic heterocycles. The van der Waals surface area contributed by atoms with Crippen molar-refractivity contribution in [1.82, 2.24) is 14.5 Å². The molecule has 1 amide bonds. The fraction of sp³-hybridized carbons (Fsp3) is 0.524. The molecule has 168 valence electrons. The zero-order valence-electron chi connectivity index (χ0n) is 17.6. The highest BCUT2D eigenvalue weighted by atomic mass is 79.9. The molecule has 2 aromatic rings. The summed E-state index contributed by atoms with van der Waals surface area (Å²) in [5.74, 6) is -0.300. The van der Waals surface area contributed by atoms with Crippen molar-refractivity contribution < 1.29 is 19.4 Å². The van der Waals surface area contributed by atoms with Gasteiger partial charge in [0.25, 0.3) is 5.56 Å². The molecule has 1 saturated heterocycles. The van der Waals surface area contributed by atoms with Gasteiger partial charge in [0.05, 0.1) is 40.9 Å². The van der Waals surface area contributed by atoms with Crippen LogP contribution in [-0.2, 0) is 16.1 Å². The van der Waals surface area contributed by atoms with Gasteiger partial charge in [-0.25, -0.2) is 9.78 Å². The highest BCUT2D eigenvalue weighted by molar-refractivity contribution is 9.10. The average molecular weight is 515 g/mol. The number of Topliss-reactive ketones (excluding diaryl/α,β-unsaturated/α-hetero) is 1. The van der Waals surface area contributed by atoms with E-state index < -0.39 is 23.8 Å². The third-order valence-corrected chi connectivity index (χ3v) is 6.22. The maximum Gasteiger partial charge on any atom is 0.410 e. The van der Waals surface area contributed by atoms with Gasteiger partial charge in [0, 0.05) is 17.4 Å². The van der Waals surface area contributed by atoms with E-state index in [4.69, 9.17) is 16.3 Å². The van der Waals surface area contributed by atoms with Gasteiger partial charge in [-0.3, -0.25) is 14.2 Å². The smallest absolute Gasteiger partial charge is 0.410 e. The number of fused-ring (bicyclic) bond motifs is 1. The number of halogens is 2. The molecule has 0 aliphatic carbocycles. The van der Waals surface area contributed by atoms with E-state index in [1.807, 2.05) is 0 Å². The molecular formula is C21H25BrClN3O5. The minimum absolute atomic E-state index is 0.0913. The third-order valence-electron chi connectivity index (χ3n) is 5.02. The van der Waals surface area contributed by atoms with Crippen LogP contribution in [0.25, 0.3) is 10.9 Å². The van der Waals surface area contributed by atoms with E-state index in [2.05, 4.69) is 20.9 Å². The fourth-order valence-electron chi connectivity index (χ4n) is 3.58. The Kier molecular flexibility index (Phi) is 7.08. The number of ether oxygens (including phenoxy) is 1. The number of hydrogen-bond donors (Lipinski definition) is 1. The summed E-state index contributed by atoms with van der Waals surface area (Å²) in [5, 5.41) is 11.1. The zero-order chi connectivity index (χ0) is 22.9. The van der Waals surface area contributed by atoms with Gasteiger partial charge in [-0.05, 0) is 61.7 Å². The quantitative estimate of drug-likeness (QED) is 0.670. The van der Waals surface area contributed by atoms with Crippen LogP contribution in [0.2, 0.25) is 5.02 Å². The molecule has 1 fully saturated rings. The minimum atomic E-state index is -0.840. The van der Waals surface area contributed by atoms with Crippen LogP contribution < -0.4 is 5.56 Å². The Balaban J connectivity index is 1.78. The van der Waals surface area contributed by atoms with Gasteiger partial charge in [0.1, 0.15) is 5.60 Å². The Morgan fingerprint density at radius 2 is 2.06 bits per heavy atom. The zero-order valence-corrected chi connectivity index (χ0v) is 19.9. The van der Waals surface area contributed by atoms with Gasteiger partial charge in [-0.1, -0.05) is 11.6 Å². The molecule has 0 saturated carbocycles. The first kappa shape index (κ1) is 23.7.